The molecule has 2 aromatic rings. The minimum absolute atomic E-state index is 0.201. The highest BCUT2D eigenvalue weighted by Gasteiger charge is 2.36. The summed E-state index contributed by atoms with van der Waals surface area (Å²) in [5.41, 5.74) is 0.936. The zero-order chi connectivity index (χ0) is 14.0. The van der Waals surface area contributed by atoms with Crippen molar-refractivity contribution in [3.8, 4) is 5.75 Å². The average molecular weight is 272 g/mol. The lowest BCUT2D eigenvalue weighted by Gasteiger charge is -2.37. The predicted octanol–water partition coefficient (Wildman–Crippen LogP) is 3.78. The van der Waals surface area contributed by atoms with Gasteiger partial charge in [-0.05, 0) is 42.5 Å². The highest BCUT2D eigenvalue weighted by molar-refractivity contribution is 5.35. The monoisotopic (exact) mass is 272 g/mol. The second-order valence-electron chi connectivity index (χ2n) is 5.30. The molecular formula is C17H17FO2. The zero-order valence-corrected chi connectivity index (χ0v) is 11.2. The lowest BCUT2D eigenvalue weighted by atomic mass is 9.75. The highest BCUT2D eigenvalue weighted by Crippen LogP contribution is 2.42. The van der Waals surface area contributed by atoms with E-state index in [9.17, 15) is 9.50 Å². The van der Waals surface area contributed by atoms with Crippen LogP contribution in [0.25, 0.3) is 0 Å². The Morgan fingerprint density at radius 2 is 1.85 bits per heavy atom. The van der Waals surface area contributed by atoms with Crippen LogP contribution in [-0.4, -0.2) is 5.11 Å². The van der Waals surface area contributed by atoms with Gasteiger partial charge >= 0.3 is 0 Å². The predicted molar refractivity (Wildman–Crippen MR) is 74.9 cm³/mol. The molecule has 2 nitrogen and oxygen atoms in total. The summed E-state index contributed by atoms with van der Waals surface area (Å²) in [5.74, 6) is -0.195. The summed E-state index contributed by atoms with van der Waals surface area (Å²) in [6.45, 7) is 0.319. The smallest absolute Gasteiger partial charge is 0.165 e. The summed E-state index contributed by atoms with van der Waals surface area (Å²) in [6, 6.07) is 14.3. The Hall–Kier alpha value is -1.87. The molecule has 3 rings (SSSR count). The Bertz CT molecular complexity index is 591. The quantitative estimate of drug-likeness (QED) is 0.918. The largest absolute Gasteiger partial charge is 0.486 e. The first kappa shape index (κ1) is 13.1. The Morgan fingerprint density at radius 1 is 1.10 bits per heavy atom. The van der Waals surface area contributed by atoms with E-state index >= 15 is 0 Å². The van der Waals surface area contributed by atoms with Gasteiger partial charge in [-0.15, -0.1) is 0 Å². The molecule has 20 heavy (non-hydrogen) atoms. The lowest BCUT2D eigenvalue weighted by molar-refractivity contribution is -0.0390. The minimum Gasteiger partial charge on any atom is -0.486 e. The number of hydrogen-bond donors (Lipinski definition) is 1. The van der Waals surface area contributed by atoms with Crippen molar-refractivity contribution in [2.45, 2.75) is 31.5 Å². The van der Waals surface area contributed by atoms with Crippen LogP contribution in [0.4, 0.5) is 4.39 Å². The maximum absolute atomic E-state index is 13.8. The molecule has 2 aromatic carbocycles. The van der Waals surface area contributed by atoms with Crippen LogP contribution >= 0.6 is 0 Å². The summed E-state index contributed by atoms with van der Waals surface area (Å²) in [5, 5.41) is 10.3. The molecule has 3 heteroatoms. The Kier molecular flexibility index (Phi) is 3.45. The summed E-state index contributed by atoms with van der Waals surface area (Å²) < 4.78 is 19.3. The van der Waals surface area contributed by atoms with E-state index in [1.165, 1.54) is 6.07 Å². The molecule has 0 amide bonds. The Balaban J connectivity index is 1.77. The molecule has 1 N–H and O–H groups in total. The molecule has 0 spiro atoms. The average Bonchev–Trinajstić information content (AvgIpc) is 2.45. The molecule has 0 atom stereocenters. The number of ether oxygens (including phenoxy) is 1. The second kappa shape index (κ2) is 5.25. The van der Waals surface area contributed by atoms with Crippen molar-refractivity contribution in [1.29, 1.82) is 0 Å². The molecule has 0 bridgehead atoms. The van der Waals surface area contributed by atoms with Crippen LogP contribution in [0, 0.1) is 5.82 Å². The van der Waals surface area contributed by atoms with Crippen LogP contribution < -0.4 is 4.74 Å². The Labute approximate surface area is 117 Å². The number of aliphatic hydroxyl groups is 1. The van der Waals surface area contributed by atoms with Crippen molar-refractivity contribution in [2.75, 3.05) is 0 Å². The van der Waals surface area contributed by atoms with E-state index in [0.717, 1.165) is 30.4 Å². The van der Waals surface area contributed by atoms with Crippen molar-refractivity contribution in [3.05, 3.63) is 65.5 Å². The maximum Gasteiger partial charge on any atom is 0.165 e. The third-order valence-corrected chi connectivity index (χ3v) is 3.89. The molecule has 104 valence electrons. The molecule has 0 heterocycles. The second-order valence-corrected chi connectivity index (χ2v) is 5.30. The lowest BCUT2D eigenvalue weighted by Crippen LogP contribution is -2.33. The van der Waals surface area contributed by atoms with Crippen LogP contribution in [0.1, 0.15) is 30.4 Å². The van der Waals surface area contributed by atoms with Gasteiger partial charge in [-0.3, -0.25) is 0 Å². The van der Waals surface area contributed by atoms with Crippen LogP contribution in [-0.2, 0) is 12.2 Å². The molecule has 1 fully saturated rings. The van der Waals surface area contributed by atoms with Crippen LogP contribution in [0.3, 0.4) is 0 Å². The van der Waals surface area contributed by atoms with Crippen LogP contribution in [0.5, 0.6) is 5.75 Å². The number of hydrogen-bond acceptors (Lipinski definition) is 2. The van der Waals surface area contributed by atoms with Gasteiger partial charge in [-0.25, -0.2) is 4.39 Å². The van der Waals surface area contributed by atoms with Crippen molar-refractivity contribution in [1.82, 2.24) is 0 Å². The van der Waals surface area contributed by atoms with Gasteiger partial charge in [-0.1, -0.05) is 36.4 Å². The van der Waals surface area contributed by atoms with Gasteiger partial charge in [0.25, 0.3) is 0 Å². The van der Waals surface area contributed by atoms with Gasteiger partial charge < -0.3 is 9.84 Å². The van der Waals surface area contributed by atoms with Gasteiger partial charge in [-0.2, -0.15) is 0 Å². The first-order valence-corrected chi connectivity index (χ1v) is 6.86. The van der Waals surface area contributed by atoms with E-state index in [1.54, 1.807) is 12.1 Å². The third kappa shape index (κ3) is 2.54. The maximum atomic E-state index is 13.8. The molecule has 1 saturated carbocycles. The van der Waals surface area contributed by atoms with Crippen molar-refractivity contribution in [3.63, 3.8) is 0 Å². The van der Waals surface area contributed by atoms with E-state index < -0.39 is 11.4 Å². The van der Waals surface area contributed by atoms with Gasteiger partial charge in [0.15, 0.2) is 11.6 Å². The first-order valence-electron chi connectivity index (χ1n) is 6.86. The van der Waals surface area contributed by atoms with E-state index in [1.807, 2.05) is 30.3 Å². The molecule has 0 radical (unpaired) electrons. The van der Waals surface area contributed by atoms with Crippen molar-refractivity contribution < 1.29 is 14.2 Å². The third-order valence-electron chi connectivity index (χ3n) is 3.89. The van der Waals surface area contributed by atoms with Crippen LogP contribution in [0.2, 0.25) is 0 Å². The number of rotatable bonds is 4. The van der Waals surface area contributed by atoms with E-state index in [4.69, 9.17) is 4.74 Å². The van der Waals surface area contributed by atoms with Crippen molar-refractivity contribution >= 4 is 0 Å². The fraction of sp³-hybridized carbons (Fsp3) is 0.294. The van der Waals surface area contributed by atoms with Gasteiger partial charge in [0.05, 0.1) is 5.60 Å². The van der Waals surface area contributed by atoms with Gasteiger partial charge in [0.1, 0.15) is 6.61 Å². The Morgan fingerprint density at radius 3 is 2.50 bits per heavy atom. The summed E-state index contributed by atoms with van der Waals surface area (Å²) in [4.78, 5) is 0. The highest BCUT2D eigenvalue weighted by atomic mass is 19.1. The standard InChI is InChI=1S/C17H17FO2/c18-15-8-7-14(17(19)9-4-10-17)11-16(15)20-12-13-5-2-1-3-6-13/h1-3,5-8,11,19H,4,9-10,12H2. The molecule has 0 unspecified atom stereocenters. The normalized spacial score (nSPS) is 16.5. The van der Waals surface area contributed by atoms with E-state index in [-0.39, 0.29) is 5.75 Å². The van der Waals surface area contributed by atoms with E-state index in [2.05, 4.69) is 0 Å². The summed E-state index contributed by atoms with van der Waals surface area (Å²) in [6.07, 6.45) is 2.47. The first-order chi connectivity index (χ1) is 9.67. The van der Waals surface area contributed by atoms with E-state index in [0.29, 0.717) is 6.61 Å². The topological polar surface area (TPSA) is 29.5 Å². The number of halogens is 1. The van der Waals surface area contributed by atoms with Gasteiger partial charge in [0.2, 0.25) is 0 Å². The molecule has 0 saturated heterocycles. The molecule has 0 aromatic heterocycles. The number of benzene rings is 2. The molecular weight excluding hydrogens is 255 g/mol. The molecule has 1 aliphatic rings. The van der Waals surface area contributed by atoms with Crippen LogP contribution in [0.15, 0.2) is 48.5 Å². The fourth-order valence-electron chi connectivity index (χ4n) is 2.44. The molecule has 1 aliphatic carbocycles. The fourth-order valence-corrected chi connectivity index (χ4v) is 2.44. The van der Waals surface area contributed by atoms with Gasteiger partial charge in [0, 0.05) is 0 Å². The SMILES string of the molecule is OC1(c2ccc(F)c(OCc3ccccc3)c2)CCC1. The van der Waals surface area contributed by atoms with Crippen molar-refractivity contribution in [2.24, 2.45) is 0 Å². The molecule has 0 aliphatic heterocycles. The summed E-state index contributed by atoms with van der Waals surface area (Å²) >= 11 is 0. The minimum atomic E-state index is -0.793. The summed E-state index contributed by atoms with van der Waals surface area (Å²) in [7, 11) is 0. The zero-order valence-electron chi connectivity index (χ0n) is 11.2.